The number of hydrogen-bond acceptors (Lipinski definition) is 6. The smallest absolute Gasteiger partial charge is 0.306 e. The van der Waals surface area contributed by atoms with Gasteiger partial charge in [-0.15, -0.1) is 0 Å². The zero-order valence-electron chi connectivity index (χ0n) is 41.3. The fourth-order valence-corrected chi connectivity index (χ4v) is 6.84. The molecule has 1 atom stereocenters. The Hall–Kier alpha value is -3.93. The van der Waals surface area contributed by atoms with Crippen molar-refractivity contribution in [2.45, 2.75) is 226 Å². The monoisotopic (exact) mass is 887 g/mol. The van der Waals surface area contributed by atoms with Crippen LogP contribution in [-0.2, 0) is 28.6 Å². The van der Waals surface area contributed by atoms with Gasteiger partial charge in [0.15, 0.2) is 6.10 Å². The Labute approximate surface area is 393 Å². The molecule has 0 aliphatic rings. The maximum Gasteiger partial charge on any atom is 0.306 e. The molecule has 0 heterocycles. The highest BCUT2D eigenvalue weighted by atomic mass is 16.6. The fraction of sp³-hybridized carbons (Fsp3) is 0.638. The van der Waals surface area contributed by atoms with E-state index >= 15 is 0 Å². The molecule has 6 heteroatoms. The number of carbonyl (C=O) groups is 3. The molecule has 362 valence electrons. The second-order valence-electron chi connectivity index (χ2n) is 16.9. The molecular weight excluding hydrogens is 793 g/mol. The molecule has 0 fully saturated rings. The molecule has 0 aliphatic heterocycles. The molecule has 0 spiro atoms. The zero-order valence-corrected chi connectivity index (χ0v) is 41.3. The van der Waals surface area contributed by atoms with Crippen LogP contribution in [0.4, 0.5) is 0 Å². The quantitative estimate of drug-likeness (QED) is 0.0262. The lowest BCUT2D eigenvalue weighted by Gasteiger charge is -2.18. The molecule has 0 saturated heterocycles. The van der Waals surface area contributed by atoms with Crippen molar-refractivity contribution in [3.8, 4) is 0 Å². The Balaban J connectivity index is 4.52. The molecule has 0 aromatic heterocycles. The summed E-state index contributed by atoms with van der Waals surface area (Å²) in [5, 5.41) is 0. The van der Waals surface area contributed by atoms with Crippen LogP contribution in [0.2, 0.25) is 0 Å². The Morgan fingerprint density at radius 1 is 0.328 bits per heavy atom. The van der Waals surface area contributed by atoms with Gasteiger partial charge in [0.25, 0.3) is 0 Å². The lowest BCUT2D eigenvalue weighted by molar-refractivity contribution is -0.167. The van der Waals surface area contributed by atoms with Gasteiger partial charge < -0.3 is 14.2 Å². The average Bonchev–Trinajstić information content (AvgIpc) is 3.29. The van der Waals surface area contributed by atoms with Crippen molar-refractivity contribution >= 4 is 17.9 Å². The summed E-state index contributed by atoms with van der Waals surface area (Å²) in [6.45, 7) is 6.37. The summed E-state index contributed by atoms with van der Waals surface area (Å²) in [5.74, 6) is -1.01. The molecule has 0 rings (SSSR count). The first-order chi connectivity index (χ1) is 31.5. The molecule has 0 radical (unpaired) electrons. The first-order valence-corrected chi connectivity index (χ1v) is 26.0. The zero-order chi connectivity index (χ0) is 46.5. The van der Waals surface area contributed by atoms with Crippen molar-refractivity contribution < 1.29 is 28.6 Å². The van der Waals surface area contributed by atoms with E-state index in [0.717, 1.165) is 77.0 Å². The predicted octanol–water partition coefficient (Wildman–Crippen LogP) is 17.1. The molecule has 0 aromatic rings. The number of rotatable bonds is 45. The number of allylic oxidation sites excluding steroid dienone is 18. The Bertz CT molecular complexity index is 1340. The van der Waals surface area contributed by atoms with Gasteiger partial charge in [-0.25, -0.2) is 0 Å². The van der Waals surface area contributed by atoms with Crippen LogP contribution < -0.4 is 0 Å². The van der Waals surface area contributed by atoms with Crippen LogP contribution in [0, 0.1) is 0 Å². The van der Waals surface area contributed by atoms with Crippen LogP contribution in [0.15, 0.2) is 109 Å². The van der Waals surface area contributed by atoms with E-state index < -0.39 is 6.10 Å². The highest BCUT2D eigenvalue weighted by molar-refractivity contribution is 5.71. The van der Waals surface area contributed by atoms with Crippen molar-refractivity contribution in [2.75, 3.05) is 13.2 Å². The van der Waals surface area contributed by atoms with Crippen molar-refractivity contribution in [3.05, 3.63) is 109 Å². The number of hydrogen-bond donors (Lipinski definition) is 0. The van der Waals surface area contributed by atoms with Crippen LogP contribution in [-0.4, -0.2) is 37.2 Å². The highest BCUT2D eigenvalue weighted by Gasteiger charge is 2.19. The first-order valence-electron chi connectivity index (χ1n) is 26.0. The van der Waals surface area contributed by atoms with Gasteiger partial charge in [-0.2, -0.15) is 0 Å². The van der Waals surface area contributed by atoms with Crippen LogP contribution in [0.3, 0.4) is 0 Å². The molecule has 1 unspecified atom stereocenters. The van der Waals surface area contributed by atoms with E-state index in [2.05, 4.69) is 75.5 Å². The fourth-order valence-electron chi connectivity index (χ4n) is 6.84. The van der Waals surface area contributed by atoms with E-state index in [4.69, 9.17) is 14.2 Å². The minimum atomic E-state index is -0.816. The van der Waals surface area contributed by atoms with Gasteiger partial charge in [0, 0.05) is 19.3 Å². The SMILES string of the molecule is CC\C=C/C=C\C=C/C=C\C=C/CCCC(=O)OCC(COC(=O)CCCCCCC\C=C/C=C\C=C/C=C\CCCCC)OC(=O)CCCCCCCCCCCCCCCCC. The third-order valence-corrected chi connectivity index (χ3v) is 10.7. The summed E-state index contributed by atoms with van der Waals surface area (Å²) in [5.41, 5.74) is 0. The lowest BCUT2D eigenvalue weighted by atomic mass is 10.0. The molecular formula is C58H94O6. The standard InChI is InChI=1S/C58H94O6/c1-4-7-10-13-16-19-22-25-27-28-29-31-33-36-39-42-45-48-51-57(60)63-54-55(53-62-56(59)50-47-44-41-38-35-32-24-21-18-15-12-9-6-3)64-58(61)52-49-46-43-40-37-34-30-26-23-20-17-14-11-8-5-2/h9,12,15-16,18-19,21-22,24-25,27-29,31-32,35,38,41,55H,4-8,10-11,13-14,17,20,23,26,30,33-34,36-37,39-40,42-54H2,1-3H3/b12-9-,18-15-,19-16-,24-21-,25-22-,28-27-,31-29-,35-32-,41-38-. The minimum absolute atomic E-state index is 0.113. The normalized spacial score (nSPS) is 13.0. The number of ether oxygens (including phenoxy) is 3. The van der Waals surface area contributed by atoms with Crippen LogP contribution in [0.5, 0.6) is 0 Å². The van der Waals surface area contributed by atoms with Crippen LogP contribution >= 0.6 is 0 Å². The van der Waals surface area contributed by atoms with Crippen LogP contribution in [0.1, 0.15) is 220 Å². The van der Waals surface area contributed by atoms with E-state index in [-0.39, 0.29) is 37.5 Å². The summed E-state index contributed by atoms with van der Waals surface area (Å²) in [7, 11) is 0. The first kappa shape index (κ1) is 60.1. The third kappa shape index (κ3) is 49.1. The summed E-state index contributed by atoms with van der Waals surface area (Å²) >= 11 is 0. The van der Waals surface area contributed by atoms with Crippen molar-refractivity contribution in [1.82, 2.24) is 0 Å². The minimum Gasteiger partial charge on any atom is -0.462 e. The molecule has 0 saturated carbocycles. The third-order valence-electron chi connectivity index (χ3n) is 10.7. The summed E-state index contributed by atoms with van der Waals surface area (Å²) < 4.78 is 16.7. The molecule has 0 aliphatic carbocycles. The van der Waals surface area contributed by atoms with E-state index in [9.17, 15) is 14.4 Å². The molecule has 6 nitrogen and oxygen atoms in total. The Kier molecular flexibility index (Phi) is 48.5. The summed E-state index contributed by atoms with van der Waals surface area (Å²) in [4.78, 5) is 38.0. The lowest BCUT2D eigenvalue weighted by Crippen LogP contribution is -2.30. The number of esters is 3. The predicted molar refractivity (Wildman–Crippen MR) is 274 cm³/mol. The van der Waals surface area contributed by atoms with E-state index in [1.54, 1.807) is 0 Å². The topological polar surface area (TPSA) is 78.9 Å². The van der Waals surface area contributed by atoms with Gasteiger partial charge in [0.1, 0.15) is 13.2 Å². The van der Waals surface area contributed by atoms with Crippen molar-refractivity contribution in [1.29, 1.82) is 0 Å². The molecule has 0 N–H and O–H groups in total. The van der Waals surface area contributed by atoms with Crippen molar-refractivity contribution in [3.63, 3.8) is 0 Å². The molecule has 0 bridgehead atoms. The molecule has 64 heavy (non-hydrogen) atoms. The second-order valence-corrected chi connectivity index (χ2v) is 16.9. The largest absolute Gasteiger partial charge is 0.462 e. The summed E-state index contributed by atoms with van der Waals surface area (Å²) in [6.07, 6.45) is 69.3. The van der Waals surface area contributed by atoms with Gasteiger partial charge >= 0.3 is 17.9 Å². The maximum absolute atomic E-state index is 12.8. The highest BCUT2D eigenvalue weighted by Crippen LogP contribution is 2.15. The number of unbranched alkanes of at least 4 members (excludes halogenated alkanes) is 23. The van der Waals surface area contributed by atoms with Gasteiger partial charge in [-0.05, 0) is 57.8 Å². The number of carbonyl (C=O) groups excluding carboxylic acids is 3. The second kappa shape index (κ2) is 51.7. The maximum atomic E-state index is 12.8. The van der Waals surface area contributed by atoms with Crippen molar-refractivity contribution in [2.24, 2.45) is 0 Å². The Morgan fingerprint density at radius 2 is 0.625 bits per heavy atom. The van der Waals surface area contributed by atoms with Gasteiger partial charge in [0.05, 0.1) is 0 Å². The summed E-state index contributed by atoms with van der Waals surface area (Å²) in [6, 6.07) is 0. The molecule has 0 amide bonds. The van der Waals surface area contributed by atoms with E-state index in [0.29, 0.717) is 19.3 Å². The van der Waals surface area contributed by atoms with E-state index in [1.807, 2.05) is 54.7 Å². The van der Waals surface area contributed by atoms with Gasteiger partial charge in [-0.3, -0.25) is 14.4 Å². The Morgan fingerprint density at radius 3 is 1.05 bits per heavy atom. The van der Waals surface area contributed by atoms with Crippen LogP contribution in [0.25, 0.3) is 0 Å². The average molecular weight is 887 g/mol. The van der Waals surface area contributed by atoms with Gasteiger partial charge in [0.2, 0.25) is 0 Å². The van der Waals surface area contributed by atoms with Gasteiger partial charge in [-0.1, -0.05) is 252 Å². The van der Waals surface area contributed by atoms with E-state index in [1.165, 1.54) is 96.3 Å². The molecule has 0 aromatic carbocycles.